The summed E-state index contributed by atoms with van der Waals surface area (Å²) in [6.45, 7) is 4.32. The van der Waals surface area contributed by atoms with E-state index in [1.165, 1.54) is 7.05 Å². The molecule has 0 bridgehead atoms. The molecule has 0 spiro atoms. The van der Waals surface area contributed by atoms with Crippen LogP contribution in [0.1, 0.15) is 46.0 Å². The first-order chi connectivity index (χ1) is 9.55. The van der Waals surface area contributed by atoms with E-state index in [1.54, 1.807) is 12.1 Å². The van der Waals surface area contributed by atoms with E-state index in [1.807, 2.05) is 12.1 Å². The molecule has 1 rings (SSSR count). The van der Waals surface area contributed by atoms with Gasteiger partial charge in [-0.2, -0.15) is 0 Å². The van der Waals surface area contributed by atoms with Crippen molar-refractivity contribution in [1.82, 2.24) is 4.72 Å². The van der Waals surface area contributed by atoms with Crippen molar-refractivity contribution in [2.75, 3.05) is 12.4 Å². The van der Waals surface area contributed by atoms with Crippen LogP contribution in [0.15, 0.2) is 29.2 Å². The molecular formula is C15H26N2O2S. The third kappa shape index (κ3) is 4.80. The minimum absolute atomic E-state index is 0.320. The standard InChI is InChI=1S/C15H26N2O2S/c1-4-6-10-13(9-5-2)17-14-11-7-8-12-15(14)20(18,19)16-3/h7-8,11-13,16-17H,4-6,9-10H2,1-3H3. The van der Waals surface area contributed by atoms with Crippen molar-refractivity contribution in [1.29, 1.82) is 0 Å². The largest absolute Gasteiger partial charge is 0.381 e. The van der Waals surface area contributed by atoms with Gasteiger partial charge in [-0.3, -0.25) is 0 Å². The Kier molecular flexibility index (Phi) is 7.02. The maximum Gasteiger partial charge on any atom is 0.242 e. The van der Waals surface area contributed by atoms with E-state index in [0.717, 1.165) is 32.1 Å². The molecule has 0 fully saturated rings. The highest BCUT2D eigenvalue weighted by atomic mass is 32.2. The molecular weight excluding hydrogens is 272 g/mol. The topological polar surface area (TPSA) is 58.2 Å². The van der Waals surface area contributed by atoms with Gasteiger partial charge in [0, 0.05) is 6.04 Å². The van der Waals surface area contributed by atoms with Crippen LogP contribution < -0.4 is 10.0 Å². The molecule has 1 unspecified atom stereocenters. The third-order valence-corrected chi connectivity index (χ3v) is 4.82. The van der Waals surface area contributed by atoms with Gasteiger partial charge in [-0.1, -0.05) is 45.2 Å². The number of anilines is 1. The fraction of sp³-hybridized carbons (Fsp3) is 0.600. The van der Waals surface area contributed by atoms with E-state index in [0.29, 0.717) is 16.6 Å². The van der Waals surface area contributed by atoms with E-state index in [2.05, 4.69) is 23.9 Å². The lowest BCUT2D eigenvalue weighted by atomic mass is 10.0. The summed E-state index contributed by atoms with van der Waals surface area (Å²) in [5.41, 5.74) is 0.691. The van der Waals surface area contributed by atoms with Crippen LogP contribution in [-0.4, -0.2) is 21.5 Å². The highest BCUT2D eigenvalue weighted by Crippen LogP contribution is 2.23. The van der Waals surface area contributed by atoms with Gasteiger partial charge in [0.2, 0.25) is 10.0 Å². The summed E-state index contributed by atoms with van der Waals surface area (Å²) < 4.78 is 26.4. The minimum Gasteiger partial charge on any atom is -0.381 e. The summed E-state index contributed by atoms with van der Waals surface area (Å²) in [6, 6.07) is 7.40. The zero-order valence-corrected chi connectivity index (χ0v) is 13.5. The van der Waals surface area contributed by atoms with Gasteiger partial charge in [0.1, 0.15) is 4.90 Å². The molecule has 0 aliphatic carbocycles. The second kappa shape index (κ2) is 8.27. The zero-order valence-electron chi connectivity index (χ0n) is 12.6. The molecule has 1 aromatic carbocycles. The fourth-order valence-electron chi connectivity index (χ4n) is 2.24. The molecule has 1 atom stereocenters. The van der Waals surface area contributed by atoms with Crippen molar-refractivity contribution in [3.63, 3.8) is 0 Å². The maximum atomic E-state index is 12.0. The van der Waals surface area contributed by atoms with Crippen molar-refractivity contribution < 1.29 is 8.42 Å². The molecule has 0 saturated heterocycles. The molecule has 0 aliphatic rings. The normalized spacial score (nSPS) is 13.2. The lowest BCUT2D eigenvalue weighted by molar-refractivity contribution is 0.562. The summed E-state index contributed by atoms with van der Waals surface area (Å²) in [4.78, 5) is 0.320. The summed E-state index contributed by atoms with van der Waals surface area (Å²) in [5.74, 6) is 0. The van der Waals surface area contributed by atoms with Gasteiger partial charge in [0.25, 0.3) is 0 Å². The van der Waals surface area contributed by atoms with Crippen LogP contribution in [0, 0.1) is 0 Å². The number of hydrogen-bond acceptors (Lipinski definition) is 3. The SMILES string of the molecule is CCCCC(CCC)Nc1ccccc1S(=O)(=O)NC. The molecule has 4 nitrogen and oxygen atoms in total. The van der Waals surface area contributed by atoms with Crippen LogP contribution in [-0.2, 0) is 10.0 Å². The molecule has 0 aromatic heterocycles. The average molecular weight is 298 g/mol. The first-order valence-electron chi connectivity index (χ1n) is 7.34. The predicted octanol–water partition coefficient (Wildman–Crippen LogP) is 3.37. The molecule has 0 amide bonds. The Morgan fingerprint density at radius 2 is 1.80 bits per heavy atom. The van der Waals surface area contributed by atoms with Crippen LogP contribution in [0.5, 0.6) is 0 Å². The summed E-state index contributed by atoms with van der Waals surface area (Å²) in [7, 11) is -1.99. The molecule has 2 N–H and O–H groups in total. The molecule has 0 heterocycles. The first-order valence-corrected chi connectivity index (χ1v) is 8.82. The highest BCUT2D eigenvalue weighted by molar-refractivity contribution is 7.89. The molecule has 5 heteroatoms. The average Bonchev–Trinajstić information content (AvgIpc) is 2.45. The molecule has 1 aromatic rings. The minimum atomic E-state index is -3.42. The fourth-order valence-corrected chi connectivity index (χ4v) is 3.13. The van der Waals surface area contributed by atoms with E-state index in [9.17, 15) is 8.42 Å². The Morgan fingerprint density at radius 1 is 1.10 bits per heavy atom. The first kappa shape index (κ1) is 17.0. The molecule has 0 radical (unpaired) electrons. The van der Waals surface area contributed by atoms with Gasteiger partial charge >= 0.3 is 0 Å². The third-order valence-electron chi connectivity index (χ3n) is 3.35. The lowest BCUT2D eigenvalue weighted by Crippen LogP contribution is -2.24. The van der Waals surface area contributed by atoms with Crippen LogP contribution in [0.3, 0.4) is 0 Å². The number of sulfonamides is 1. The summed E-state index contributed by atoms with van der Waals surface area (Å²) >= 11 is 0. The Bertz CT molecular complexity index is 500. The quantitative estimate of drug-likeness (QED) is 0.735. The van der Waals surface area contributed by atoms with E-state index < -0.39 is 10.0 Å². The number of para-hydroxylation sites is 1. The second-order valence-electron chi connectivity index (χ2n) is 4.98. The van der Waals surface area contributed by atoms with Crippen molar-refractivity contribution in [2.45, 2.75) is 56.9 Å². The number of hydrogen-bond donors (Lipinski definition) is 2. The van der Waals surface area contributed by atoms with Crippen LogP contribution in [0.2, 0.25) is 0 Å². The van der Waals surface area contributed by atoms with Crippen LogP contribution in [0.25, 0.3) is 0 Å². The van der Waals surface area contributed by atoms with Gasteiger partial charge in [-0.25, -0.2) is 13.1 Å². The summed E-state index contributed by atoms with van der Waals surface area (Å²) in [6.07, 6.45) is 5.51. The number of benzene rings is 1. The monoisotopic (exact) mass is 298 g/mol. The van der Waals surface area contributed by atoms with E-state index >= 15 is 0 Å². The van der Waals surface area contributed by atoms with E-state index in [4.69, 9.17) is 0 Å². The molecule has 114 valence electrons. The Morgan fingerprint density at radius 3 is 2.40 bits per heavy atom. The van der Waals surface area contributed by atoms with Crippen LogP contribution >= 0.6 is 0 Å². The van der Waals surface area contributed by atoms with E-state index in [-0.39, 0.29) is 0 Å². The highest BCUT2D eigenvalue weighted by Gasteiger charge is 2.17. The number of nitrogens with one attached hydrogen (secondary N) is 2. The number of unbranched alkanes of at least 4 members (excludes halogenated alkanes) is 1. The van der Waals surface area contributed by atoms with Gasteiger partial charge in [-0.15, -0.1) is 0 Å². The van der Waals surface area contributed by atoms with Crippen molar-refractivity contribution in [2.24, 2.45) is 0 Å². The van der Waals surface area contributed by atoms with Gasteiger partial charge < -0.3 is 5.32 Å². The molecule has 20 heavy (non-hydrogen) atoms. The lowest BCUT2D eigenvalue weighted by Gasteiger charge is -2.21. The Hall–Kier alpha value is -1.07. The van der Waals surface area contributed by atoms with Gasteiger partial charge in [-0.05, 0) is 32.0 Å². The summed E-state index contributed by atoms with van der Waals surface area (Å²) in [5, 5.41) is 3.40. The maximum absolute atomic E-state index is 12.0. The van der Waals surface area contributed by atoms with Gasteiger partial charge in [0.15, 0.2) is 0 Å². The number of rotatable bonds is 9. The Labute approximate surface area is 123 Å². The molecule has 0 saturated carbocycles. The van der Waals surface area contributed by atoms with Crippen LogP contribution in [0.4, 0.5) is 5.69 Å². The van der Waals surface area contributed by atoms with Crippen molar-refractivity contribution >= 4 is 15.7 Å². The second-order valence-corrected chi connectivity index (χ2v) is 6.83. The Balaban J connectivity index is 2.95. The van der Waals surface area contributed by atoms with Crippen molar-refractivity contribution in [3.8, 4) is 0 Å². The zero-order chi connectivity index (χ0) is 15.0. The molecule has 0 aliphatic heterocycles. The smallest absolute Gasteiger partial charge is 0.242 e. The van der Waals surface area contributed by atoms with Crippen molar-refractivity contribution in [3.05, 3.63) is 24.3 Å². The van der Waals surface area contributed by atoms with Gasteiger partial charge in [0.05, 0.1) is 5.69 Å². The predicted molar refractivity (Wildman–Crippen MR) is 84.5 cm³/mol.